The first-order chi connectivity index (χ1) is 18.0. The van der Waals surface area contributed by atoms with Crippen LogP contribution in [0.2, 0.25) is 0 Å². The summed E-state index contributed by atoms with van der Waals surface area (Å²) in [6.45, 7) is 4.54. The van der Waals surface area contributed by atoms with Crippen LogP contribution >= 0.6 is 0 Å². The molecule has 0 bridgehead atoms. The lowest BCUT2D eigenvalue weighted by Gasteiger charge is -2.43. The monoisotopic (exact) mass is 524 g/mol. The van der Waals surface area contributed by atoms with Gasteiger partial charge in [0.2, 0.25) is 17.7 Å². The summed E-state index contributed by atoms with van der Waals surface area (Å²) in [7, 11) is 1.81. The average molecular weight is 525 g/mol. The van der Waals surface area contributed by atoms with E-state index in [2.05, 4.69) is 5.32 Å². The van der Waals surface area contributed by atoms with Crippen molar-refractivity contribution in [2.75, 3.05) is 33.3 Å². The topological polar surface area (TPSA) is 105 Å². The number of carbonyl (C=O) groups excluding carboxylic acids is 3. The predicted octanol–water partition coefficient (Wildman–Crippen LogP) is 2.43. The highest BCUT2D eigenvalue weighted by molar-refractivity contribution is 5.92. The van der Waals surface area contributed by atoms with Gasteiger partial charge < -0.3 is 25.6 Å². The van der Waals surface area contributed by atoms with Gasteiger partial charge in [-0.2, -0.15) is 0 Å². The van der Waals surface area contributed by atoms with Crippen molar-refractivity contribution in [2.24, 2.45) is 11.1 Å². The van der Waals surface area contributed by atoms with Gasteiger partial charge in [-0.25, -0.2) is 4.39 Å². The van der Waals surface area contributed by atoms with E-state index < -0.39 is 22.9 Å². The summed E-state index contributed by atoms with van der Waals surface area (Å²) in [6, 6.07) is 14.9. The zero-order valence-electron chi connectivity index (χ0n) is 22.3. The van der Waals surface area contributed by atoms with Gasteiger partial charge in [-0.05, 0) is 49.9 Å². The van der Waals surface area contributed by atoms with Gasteiger partial charge in [0, 0.05) is 32.6 Å². The fourth-order valence-electron chi connectivity index (χ4n) is 5.52. The number of hydrogen-bond donors (Lipinski definition) is 2. The lowest BCUT2D eigenvalue weighted by molar-refractivity contribution is -0.147. The van der Waals surface area contributed by atoms with Crippen LogP contribution in [0.15, 0.2) is 54.6 Å². The quantitative estimate of drug-likeness (QED) is 0.552. The van der Waals surface area contributed by atoms with E-state index in [4.69, 9.17) is 10.5 Å². The number of rotatable bonds is 8. The Morgan fingerprint density at radius 1 is 1.18 bits per heavy atom. The number of likely N-dealkylation sites (tertiary alicyclic amines) is 2. The molecule has 8 nitrogen and oxygen atoms in total. The summed E-state index contributed by atoms with van der Waals surface area (Å²) >= 11 is 0. The summed E-state index contributed by atoms with van der Waals surface area (Å²) in [4.78, 5) is 43.5. The van der Waals surface area contributed by atoms with Crippen LogP contribution in [0.25, 0.3) is 0 Å². The molecule has 2 aromatic carbocycles. The van der Waals surface area contributed by atoms with Gasteiger partial charge in [0.05, 0.1) is 24.2 Å². The van der Waals surface area contributed by atoms with Gasteiger partial charge in [0.25, 0.3) is 0 Å². The van der Waals surface area contributed by atoms with E-state index in [0.717, 1.165) is 11.1 Å². The molecule has 9 heteroatoms. The Kier molecular flexibility index (Phi) is 8.18. The minimum atomic E-state index is -1.19. The van der Waals surface area contributed by atoms with Crippen molar-refractivity contribution in [3.8, 4) is 0 Å². The molecule has 0 radical (unpaired) electrons. The van der Waals surface area contributed by atoms with Gasteiger partial charge in [-0.15, -0.1) is 0 Å². The molecule has 2 aliphatic rings. The van der Waals surface area contributed by atoms with E-state index in [-0.39, 0.29) is 43.3 Å². The number of benzene rings is 2. The number of nitrogens with one attached hydrogen (secondary N) is 1. The first-order valence-electron chi connectivity index (χ1n) is 13.0. The molecule has 2 fully saturated rings. The second-order valence-electron chi connectivity index (χ2n) is 11.1. The Hall–Kier alpha value is -3.30. The predicted molar refractivity (Wildman–Crippen MR) is 141 cm³/mol. The number of ether oxygens (including phenoxy) is 1. The summed E-state index contributed by atoms with van der Waals surface area (Å²) in [5, 5.41) is 2.76. The van der Waals surface area contributed by atoms with Crippen LogP contribution in [0.3, 0.4) is 0 Å². The second kappa shape index (κ2) is 11.2. The van der Waals surface area contributed by atoms with Crippen molar-refractivity contribution in [3.63, 3.8) is 0 Å². The molecule has 3 atom stereocenters. The maximum absolute atomic E-state index is 13.8. The number of nitrogens with two attached hydrogens (primary N) is 1. The lowest BCUT2D eigenvalue weighted by atomic mass is 9.69. The van der Waals surface area contributed by atoms with Gasteiger partial charge >= 0.3 is 0 Å². The average Bonchev–Trinajstić information content (AvgIpc) is 3.13. The van der Waals surface area contributed by atoms with E-state index in [1.54, 1.807) is 35.8 Å². The Morgan fingerprint density at radius 3 is 2.53 bits per heavy atom. The minimum Gasteiger partial charge on any atom is -0.374 e. The molecule has 2 aliphatic heterocycles. The SMILES string of the molecule is CN1CC(c2ccccc2)C2(CCCN(C(=O)[C@@H](COCc3ccc(F)cc3)NC(=O)C(C)(C)N)C2)C1=O. The molecule has 204 valence electrons. The maximum atomic E-state index is 13.8. The van der Waals surface area contributed by atoms with Crippen molar-refractivity contribution in [1.29, 1.82) is 0 Å². The van der Waals surface area contributed by atoms with Crippen molar-refractivity contribution < 1.29 is 23.5 Å². The third-order valence-corrected chi connectivity index (χ3v) is 7.59. The summed E-state index contributed by atoms with van der Waals surface area (Å²) in [5.74, 6) is -1.14. The van der Waals surface area contributed by atoms with Crippen molar-refractivity contribution in [2.45, 2.75) is 50.8 Å². The summed E-state index contributed by atoms with van der Waals surface area (Å²) in [6.07, 6.45) is 1.36. The smallest absolute Gasteiger partial charge is 0.247 e. The van der Waals surface area contributed by atoms with E-state index >= 15 is 0 Å². The molecule has 2 unspecified atom stereocenters. The third kappa shape index (κ3) is 5.89. The van der Waals surface area contributed by atoms with Crippen molar-refractivity contribution in [3.05, 3.63) is 71.5 Å². The molecule has 2 aromatic rings. The molecule has 2 saturated heterocycles. The largest absolute Gasteiger partial charge is 0.374 e. The molecule has 0 aliphatic carbocycles. The zero-order chi connectivity index (χ0) is 27.5. The van der Waals surface area contributed by atoms with Crippen LogP contribution in [-0.2, 0) is 25.7 Å². The number of amides is 3. The Morgan fingerprint density at radius 2 is 1.87 bits per heavy atom. The number of halogens is 1. The number of nitrogens with zero attached hydrogens (tertiary/aromatic N) is 2. The van der Waals surface area contributed by atoms with E-state index in [1.165, 1.54) is 12.1 Å². The Labute approximate surface area is 223 Å². The molecule has 4 rings (SSSR count). The van der Waals surface area contributed by atoms with Crippen LogP contribution in [0, 0.1) is 11.2 Å². The molecule has 0 saturated carbocycles. The third-order valence-electron chi connectivity index (χ3n) is 7.59. The normalized spacial score (nSPS) is 22.6. The van der Waals surface area contributed by atoms with Crippen molar-refractivity contribution in [1.82, 2.24) is 15.1 Å². The standard InChI is InChI=1S/C29H37FN4O4/c1-28(2,31)26(36)32-24(18-38-17-20-10-12-22(30)13-11-20)25(35)34-15-7-14-29(19-34)23(16-33(3)27(29)37)21-8-5-4-6-9-21/h4-6,8-13,23-24H,7,14-19,31H2,1-3H3,(H,32,36)/t23?,24-,29?/m1/s1. The van der Waals surface area contributed by atoms with Gasteiger partial charge in [-0.3, -0.25) is 14.4 Å². The molecule has 3 N–H and O–H groups in total. The highest BCUT2D eigenvalue weighted by atomic mass is 19.1. The van der Waals surface area contributed by atoms with E-state index in [0.29, 0.717) is 25.9 Å². The molecular weight excluding hydrogens is 487 g/mol. The Bertz CT molecular complexity index is 1150. The fourth-order valence-corrected chi connectivity index (χ4v) is 5.52. The van der Waals surface area contributed by atoms with Crippen LogP contribution in [-0.4, -0.2) is 72.4 Å². The minimum absolute atomic E-state index is 0.0393. The number of carbonyl (C=O) groups is 3. The van der Waals surface area contributed by atoms with Crippen LogP contribution in [0.5, 0.6) is 0 Å². The molecule has 2 heterocycles. The lowest BCUT2D eigenvalue weighted by Crippen LogP contribution is -2.60. The highest BCUT2D eigenvalue weighted by Gasteiger charge is 2.55. The fraction of sp³-hybridized carbons (Fsp3) is 0.483. The van der Waals surface area contributed by atoms with Crippen LogP contribution in [0.4, 0.5) is 4.39 Å². The Balaban J connectivity index is 1.53. The van der Waals surface area contributed by atoms with Crippen LogP contribution in [0.1, 0.15) is 43.7 Å². The maximum Gasteiger partial charge on any atom is 0.247 e. The van der Waals surface area contributed by atoms with E-state index in [1.807, 2.05) is 37.4 Å². The van der Waals surface area contributed by atoms with Crippen LogP contribution < -0.4 is 11.1 Å². The molecule has 0 aromatic heterocycles. The highest BCUT2D eigenvalue weighted by Crippen LogP contribution is 2.49. The zero-order valence-corrected chi connectivity index (χ0v) is 22.3. The second-order valence-corrected chi connectivity index (χ2v) is 11.1. The number of likely N-dealkylation sites (N-methyl/N-ethyl adjacent to an activating group) is 1. The van der Waals surface area contributed by atoms with Gasteiger partial charge in [0.1, 0.15) is 11.9 Å². The molecule has 38 heavy (non-hydrogen) atoms. The van der Waals surface area contributed by atoms with Gasteiger partial charge in [-0.1, -0.05) is 42.5 Å². The summed E-state index contributed by atoms with van der Waals surface area (Å²) < 4.78 is 19.0. The first-order valence-corrected chi connectivity index (χ1v) is 13.0. The van der Waals surface area contributed by atoms with Crippen molar-refractivity contribution >= 4 is 17.7 Å². The molecular formula is C29H37FN4O4. The number of piperidine rings is 1. The van der Waals surface area contributed by atoms with Gasteiger partial charge in [0.15, 0.2) is 0 Å². The molecule has 3 amide bonds. The number of hydrogen-bond acceptors (Lipinski definition) is 5. The summed E-state index contributed by atoms with van der Waals surface area (Å²) in [5.41, 5.74) is 5.89. The van der Waals surface area contributed by atoms with E-state index in [9.17, 15) is 18.8 Å². The molecule has 1 spiro atoms. The first kappa shape index (κ1) is 27.7.